The molecule has 1 aromatic rings. The van der Waals surface area contributed by atoms with Crippen molar-refractivity contribution in [3.05, 3.63) is 29.3 Å². The fourth-order valence-corrected chi connectivity index (χ4v) is 3.30. The first kappa shape index (κ1) is 20.5. The maximum atomic E-state index is 12.1. The van der Waals surface area contributed by atoms with E-state index in [9.17, 15) is 13.2 Å². The minimum absolute atomic E-state index is 0.0239. The summed E-state index contributed by atoms with van der Waals surface area (Å²) in [5.41, 5.74) is 2.82. The van der Waals surface area contributed by atoms with Gasteiger partial charge in [0.2, 0.25) is 15.9 Å². The van der Waals surface area contributed by atoms with Gasteiger partial charge in [0.25, 0.3) is 0 Å². The van der Waals surface area contributed by atoms with Crippen LogP contribution < -0.4 is 9.62 Å². The molecule has 0 aromatic heterocycles. The minimum atomic E-state index is -3.37. The first-order valence-corrected chi connectivity index (χ1v) is 10.3. The molecule has 0 aliphatic carbocycles. The number of aryl methyl sites for hydroxylation is 2. The van der Waals surface area contributed by atoms with Gasteiger partial charge >= 0.3 is 0 Å². The Hall–Kier alpha value is -1.56. The Morgan fingerprint density at radius 3 is 2.42 bits per heavy atom. The number of benzene rings is 1. The van der Waals surface area contributed by atoms with Crippen molar-refractivity contribution >= 4 is 21.6 Å². The van der Waals surface area contributed by atoms with Gasteiger partial charge in [-0.05, 0) is 55.9 Å². The molecular weight excluding hydrogens is 324 g/mol. The van der Waals surface area contributed by atoms with Gasteiger partial charge in [-0.25, -0.2) is 8.42 Å². The third-order valence-corrected chi connectivity index (χ3v) is 5.18. The minimum Gasteiger partial charge on any atom is -0.356 e. The lowest BCUT2D eigenvalue weighted by Crippen LogP contribution is -2.32. The van der Waals surface area contributed by atoms with E-state index in [1.807, 2.05) is 32.0 Å². The summed E-state index contributed by atoms with van der Waals surface area (Å²) in [5.74, 6) is 0.528. The fraction of sp³-hybridized carbons (Fsp3) is 0.611. The Labute approximate surface area is 146 Å². The highest BCUT2D eigenvalue weighted by atomic mass is 32.2. The van der Waals surface area contributed by atoms with Crippen molar-refractivity contribution in [2.24, 2.45) is 5.92 Å². The molecule has 1 amide bonds. The number of carbonyl (C=O) groups excluding carboxylic acids is 1. The molecule has 0 saturated carbocycles. The fourth-order valence-electron chi connectivity index (χ4n) is 2.34. The first-order valence-electron chi connectivity index (χ1n) is 8.43. The van der Waals surface area contributed by atoms with Crippen LogP contribution in [0.15, 0.2) is 18.2 Å². The van der Waals surface area contributed by atoms with E-state index in [0.717, 1.165) is 17.5 Å². The molecule has 6 heteroatoms. The Balaban J connectivity index is 2.62. The van der Waals surface area contributed by atoms with Crippen LogP contribution in [0.2, 0.25) is 0 Å². The number of hydrogen-bond acceptors (Lipinski definition) is 3. The van der Waals surface area contributed by atoms with E-state index < -0.39 is 10.0 Å². The van der Waals surface area contributed by atoms with Crippen LogP contribution in [0.25, 0.3) is 0 Å². The molecular formula is C18H30N2O3S. The number of amides is 1. The van der Waals surface area contributed by atoms with Crippen molar-refractivity contribution in [3.63, 3.8) is 0 Å². The van der Waals surface area contributed by atoms with E-state index in [-0.39, 0.29) is 5.91 Å². The van der Waals surface area contributed by atoms with E-state index in [4.69, 9.17) is 0 Å². The average Bonchev–Trinajstić information content (AvgIpc) is 2.45. The number of anilines is 1. The Bertz CT molecular complexity index is 654. The molecule has 0 fully saturated rings. The summed E-state index contributed by atoms with van der Waals surface area (Å²) in [7, 11) is -3.37. The third-order valence-electron chi connectivity index (χ3n) is 3.99. The van der Waals surface area contributed by atoms with E-state index in [1.54, 1.807) is 0 Å². The van der Waals surface area contributed by atoms with Crippen LogP contribution in [-0.2, 0) is 14.8 Å². The van der Waals surface area contributed by atoms with E-state index in [1.165, 1.54) is 10.6 Å². The monoisotopic (exact) mass is 354 g/mol. The maximum absolute atomic E-state index is 12.1. The summed E-state index contributed by atoms with van der Waals surface area (Å²) in [6.07, 6.45) is 2.97. The lowest BCUT2D eigenvalue weighted by molar-refractivity contribution is -0.121. The number of hydrogen-bond donors (Lipinski definition) is 1. The van der Waals surface area contributed by atoms with Crippen molar-refractivity contribution in [2.45, 2.75) is 47.0 Å². The van der Waals surface area contributed by atoms with E-state index in [2.05, 4.69) is 19.2 Å². The lowest BCUT2D eigenvalue weighted by Gasteiger charge is -2.23. The zero-order valence-corrected chi connectivity index (χ0v) is 16.2. The number of rotatable bonds is 9. The highest BCUT2D eigenvalue weighted by Gasteiger charge is 2.18. The van der Waals surface area contributed by atoms with Crippen LogP contribution in [0.5, 0.6) is 0 Å². The van der Waals surface area contributed by atoms with Gasteiger partial charge in [-0.2, -0.15) is 0 Å². The largest absolute Gasteiger partial charge is 0.356 e. The number of nitrogens with one attached hydrogen (secondary N) is 1. The summed E-state index contributed by atoms with van der Waals surface area (Å²) in [6, 6.07) is 5.60. The standard InChI is InChI=1S/C18H30N2O3S/c1-14(2)10-11-19-18(21)7-6-12-20(24(5,22)23)17-9-8-15(3)16(4)13-17/h8-9,13-14H,6-7,10-12H2,1-5H3,(H,19,21). The molecule has 0 saturated heterocycles. The quantitative estimate of drug-likeness (QED) is 0.741. The van der Waals surface area contributed by atoms with Crippen LogP contribution in [-0.4, -0.2) is 33.7 Å². The first-order chi connectivity index (χ1) is 11.1. The Kier molecular flexibility index (Phi) is 7.73. The highest BCUT2D eigenvalue weighted by Crippen LogP contribution is 2.21. The summed E-state index contributed by atoms with van der Waals surface area (Å²) >= 11 is 0. The molecule has 0 bridgehead atoms. The van der Waals surface area contributed by atoms with E-state index >= 15 is 0 Å². The Morgan fingerprint density at radius 1 is 1.21 bits per heavy atom. The van der Waals surface area contributed by atoms with Crippen molar-refractivity contribution in [2.75, 3.05) is 23.7 Å². The van der Waals surface area contributed by atoms with Crippen LogP contribution >= 0.6 is 0 Å². The molecule has 0 spiro atoms. The molecule has 0 radical (unpaired) electrons. The highest BCUT2D eigenvalue weighted by molar-refractivity contribution is 7.92. The molecule has 1 N–H and O–H groups in total. The third kappa shape index (κ3) is 6.91. The summed E-state index contributed by atoms with van der Waals surface area (Å²) in [6.45, 7) is 9.15. The van der Waals surface area contributed by atoms with Gasteiger partial charge in [0.15, 0.2) is 0 Å². The summed E-state index contributed by atoms with van der Waals surface area (Å²) in [5, 5.41) is 2.88. The molecule has 1 rings (SSSR count). The molecule has 0 atom stereocenters. The van der Waals surface area contributed by atoms with Gasteiger partial charge in [0.05, 0.1) is 11.9 Å². The predicted octanol–water partition coefficient (Wildman–Crippen LogP) is 3.01. The molecule has 136 valence electrons. The van der Waals surface area contributed by atoms with Crippen molar-refractivity contribution in [1.82, 2.24) is 5.32 Å². The van der Waals surface area contributed by atoms with Gasteiger partial charge in [0.1, 0.15) is 0 Å². The topological polar surface area (TPSA) is 66.5 Å². The number of nitrogens with zero attached hydrogens (tertiary/aromatic N) is 1. The van der Waals surface area contributed by atoms with Crippen molar-refractivity contribution in [1.29, 1.82) is 0 Å². The van der Waals surface area contributed by atoms with Crippen LogP contribution in [0, 0.1) is 19.8 Å². The number of sulfonamides is 1. The van der Waals surface area contributed by atoms with Crippen LogP contribution in [0.3, 0.4) is 0 Å². The molecule has 0 heterocycles. The molecule has 0 unspecified atom stereocenters. The second kappa shape index (κ2) is 9.06. The zero-order valence-electron chi connectivity index (χ0n) is 15.4. The predicted molar refractivity (Wildman–Crippen MR) is 99.8 cm³/mol. The van der Waals surface area contributed by atoms with Gasteiger partial charge in [-0.1, -0.05) is 19.9 Å². The van der Waals surface area contributed by atoms with E-state index in [0.29, 0.717) is 37.5 Å². The molecule has 24 heavy (non-hydrogen) atoms. The maximum Gasteiger partial charge on any atom is 0.232 e. The number of carbonyl (C=O) groups is 1. The average molecular weight is 355 g/mol. The van der Waals surface area contributed by atoms with Gasteiger partial charge < -0.3 is 5.32 Å². The second-order valence-electron chi connectivity index (χ2n) is 6.74. The lowest BCUT2D eigenvalue weighted by atomic mass is 10.1. The Morgan fingerprint density at radius 2 is 1.88 bits per heavy atom. The molecule has 0 aliphatic heterocycles. The second-order valence-corrected chi connectivity index (χ2v) is 8.65. The zero-order chi connectivity index (χ0) is 18.3. The smallest absolute Gasteiger partial charge is 0.232 e. The van der Waals surface area contributed by atoms with Gasteiger partial charge in [-0.15, -0.1) is 0 Å². The molecule has 5 nitrogen and oxygen atoms in total. The summed E-state index contributed by atoms with van der Waals surface area (Å²) in [4.78, 5) is 11.8. The van der Waals surface area contributed by atoms with Gasteiger partial charge in [0, 0.05) is 19.5 Å². The van der Waals surface area contributed by atoms with Crippen LogP contribution in [0.1, 0.15) is 44.2 Å². The molecule has 0 aliphatic rings. The SMILES string of the molecule is Cc1ccc(N(CCCC(=O)NCCC(C)C)S(C)(=O)=O)cc1C. The molecule has 1 aromatic carbocycles. The summed E-state index contributed by atoms with van der Waals surface area (Å²) < 4.78 is 25.5. The normalized spacial score (nSPS) is 11.6. The van der Waals surface area contributed by atoms with Crippen molar-refractivity contribution < 1.29 is 13.2 Å². The van der Waals surface area contributed by atoms with Crippen LogP contribution in [0.4, 0.5) is 5.69 Å². The van der Waals surface area contributed by atoms with Gasteiger partial charge in [-0.3, -0.25) is 9.10 Å². The van der Waals surface area contributed by atoms with Crippen molar-refractivity contribution in [3.8, 4) is 0 Å².